The maximum atomic E-state index is 12.3. The van der Waals surface area contributed by atoms with Crippen LogP contribution in [0.4, 0.5) is 0 Å². The molecule has 5 N–H and O–H groups in total. The predicted octanol–water partition coefficient (Wildman–Crippen LogP) is 4.13. The molecule has 5 fully saturated rings. The summed E-state index contributed by atoms with van der Waals surface area (Å²) in [5, 5.41) is 25.4. The van der Waals surface area contributed by atoms with Gasteiger partial charge in [0.25, 0.3) is 0 Å². The van der Waals surface area contributed by atoms with Gasteiger partial charge in [-0.25, -0.2) is 4.57 Å². The van der Waals surface area contributed by atoms with E-state index in [2.05, 4.69) is 35.4 Å². The normalized spacial score (nSPS) is 37.3. The Balaban J connectivity index is 0.000000534. The summed E-state index contributed by atoms with van der Waals surface area (Å²) in [6.45, 7) is 4.36. The van der Waals surface area contributed by atoms with E-state index in [9.17, 15) is 10.2 Å². The van der Waals surface area contributed by atoms with Crippen LogP contribution >= 0.6 is 19.2 Å². The SMILES string of the molecule is CO[C@]12CC[C@]3(C[C@@H]1[C@](C)(O)CCc1cccs1)[C@H]1Cc4ccc(O)c5c4[C@]3(CCN1CC1CC1)[C@H]2O5.O=P(O)(O)O. The van der Waals surface area contributed by atoms with Gasteiger partial charge in [-0.1, -0.05) is 12.1 Å². The number of fused-ring (bicyclic) bond motifs is 2. The molecular weight excluding hydrogens is 577 g/mol. The van der Waals surface area contributed by atoms with E-state index in [0.717, 1.165) is 57.4 Å². The Kier molecular flexibility index (Phi) is 6.79. The van der Waals surface area contributed by atoms with Crippen molar-refractivity contribution in [2.75, 3.05) is 20.2 Å². The van der Waals surface area contributed by atoms with E-state index in [1.807, 2.05) is 13.2 Å². The third-order valence-electron chi connectivity index (χ3n) is 11.9. The molecule has 0 amide bonds. The largest absolute Gasteiger partial charge is 0.504 e. The average Bonchev–Trinajstić information content (AvgIpc) is 3.44. The highest BCUT2D eigenvalue weighted by molar-refractivity contribution is 7.45. The van der Waals surface area contributed by atoms with Crippen LogP contribution < -0.4 is 4.74 Å². The van der Waals surface area contributed by atoms with Crippen LogP contribution in [-0.2, 0) is 27.6 Å². The number of piperidine rings is 1. The van der Waals surface area contributed by atoms with E-state index in [-0.39, 0.29) is 28.6 Å². The lowest BCUT2D eigenvalue weighted by Crippen LogP contribution is -2.82. The first-order valence-corrected chi connectivity index (χ1v) is 17.6. The van der Waals surface area contributed by atoms with Gasteiger partial charge in [0.2, 0.25) is 0 Å². The average molecular weight is 620 g/mol. The standard InChI is InChI=1S/C31H39NO4S.H3O4P/c1-28(34,10-9-21-4-3-15-37-21)23-17-29-11-12-31(23,35-2)27-30(29)13-14-32(18-19-5-6-19)24(29)16-20-7-8-22(33)26(36-27)25(20)30;1-5(2,3)4/h3-4,7-8,15,19,23-24,27,33-34H,5-6,9-14,16-18H2,1-2H3;(H3,1,2,3,4)/t23-,24-,27-,28-,29+,30-,31-;/m1./s1. The minimum atomic E-state index is -4.64. The number of hydrogen-bond donors (Lipinski definition) is 5. The number of phenolic OH excluding ortho intramolecular Hbond substituents is 1. The predicted molar refractivity (Wildman–Crippen MR) is 158 cm³/mol. The minimum Gasteiger partial charge on any atom is -0.504 e. The zero-order valence-corrected chi connectivity index (χ0v) is 25.9. The van der Waals surface area contributed by atoms with Crippen LogP contribution in [0, 0.1) is 17.3 Å². The van der Waals surface area contributed by atoms with Crippen molar-refractivity contribution in [3.63, 3.8) is 0 Å². The van der Waals surface area contributed by atoms with Gasteiger partial charge in [0, 0.05) is 46.9 Å². The molecule has 11 heteroatoms. The first-order chi connectivity index (χ1) is 19.8. The second kappa shape index (κ2) is 9.75. The topological polar surface area (TPSA) is 140 Å². The minimum absolute atomic E-state index is 0.0155. The molecular formula is C31H42NO8PS. The lowest BCUT2D eigenvalue weighted by molar-refractivity contribution is -0.302. The number of phosphoric acid groups is 1. The number of hydrogen-bond acceptors (Lipinski definition) is 7. The number of methoxy groups -OCH3 is 1. The molecule has 4 bridgehead atoms. The number of aromatic hydroxyl groups is 1. The van der Waals surface area contributed by atoms with Gasteiger partial charge >= 0.3 is 7.82 Å². The van der Waals surface area contributed by atoms with Crippen LogP contribution in [-0.4, -0.2) is 73.3 Å². The highest BCUT2D eigenvalue weighted by Gasteiger charge is 2.81. The number of likely N-dealkylation sites (tertiary alicyclic amines) is 1. The molecule has 9 rings (SSSR count). The summed E-state index contributed by atoms with van der Waals surface area (Å²) in [6.07, 6.45) is 9.25. The number of phenols is 1. The fraction of sp³-hybridized carbons (Fsp3) is 0.677. The van der Waals surface area contributed by atoms with Gasteiger partial charge in [-0.05, 0) is 100 Å². The van der Waals surface area contributed by atoms with Gasteiger partial charge in [0.1, 0.15) is 11.7 Å². The van der Waals surface area contributed by atoms with Crippen LogP contribution in [0.25, 0.3) is 0 Å². The summed E-state index contributed by atoms with van der Waals surface area (Å²) in [7, 11) is -2.80. The molecule has 5 aliphatic carbocycles. The van der Waals surface area contributed by atoms with Gasteiger partial charge in [0.15, 0.2) is 11.5 Å². The molecule has 7 atom stereocenters. The fourth-order valence-corrected chi connectivity index (χ4v) is 10.8. The number of benzene rings is 1. The van der Waals surface area contributed by atoms with E-state index >= 15 is 0 Å². The summed E-state index contributed by atoms with van der Waals surface area (Å²) in [4.78, 5) is 25.7. The molecule has 1 aromatic heterocycles. The molecule has 42 heavy (non-hydrogen) atoms. The highest BCUT2D eigenvalue weighted by atomic mass is 32.1. The van der Waals surface area contributed by atoms with Crippen LogP contribution in [0.1, 0.15) is 67.9 Å². The Hall–Kier alpha value is -1.49. The van der Waals surface area contributed by atoms with Crippen molar-refractivity contribution in [1.82, 2.24) is 4.90 Å². The van der Waals surface area contributed by atoms with Crippen molar-refractivity contribution in [3.05, 3.63) is 45.6 Å². The summed E-state index contributed by atoms with van der Waals surface area (Å²) in [6, 6.07) is 8.75. The van der Waals surface area contributed by atoms with Crippen molar-refractivity contribution < 1.29 is 38.9 Å². The van der Waals surface area contributed by atoms with Crippen molar-refractivity contribution in [2.24, 2.45) is 17.3 Å². The number of aliphatic hydroxyl groups is 1. The molecule has 3 heterocycles. The van der Waals surface area contributed by atoms with Crippen LogP contribution in [0.3, 0.4) is 0 Å². The number of nitrogens with zero attached hydrogens (tertiary/aromatic N) is 1. The maximum Gasteiger partial charge on any atom is 0.466 e. The monoisotopic (exact) mass is 619 g/mol. The first kappa shape index (κ1) is 29.2. The number of thiophene rings is 1. The molecule has 2 aliphatic heterocycles. The summed E-state index contributed by atoms with van der Waals surface area (Å²) < 4.78 is 22.4. The molecule has 0 radical (unpaired) electrons. The van der Waals surface area contributed by atoms with Gasteiger partial charge in [0.05, 0.1) is 5.60 Å². The van der Waals surface area contributed by atoms with E-state index in [1.54, 1.807) is 11.3 Å². The summed E-state index contributed by atoms with van der Waals surface area (Å²) in [5.74, 6) is 1.82. The molecule has 2 aromatic rings. The van der Waals surface area contributed by atoms with Gasteiger partial charge < -0.3 is 34.4 Å². The van der Waals surface area contributed by atoms with E-state index in [4.69, 9.17) is 28.7 Å². The lowest BCUT2D eigenvalue weighted by atomic mass is 9.33. The summed E-state index contributed by atoms with van der Waals surface area (Å²) in [5.41, 5.74) is 1.11. The number of ether oxygens (including phenoxy) is 2. The molecule has 0 unspecified atom stereocenters. The second-order valence-electron chi connectivity index (χ2n) is 13.8. The molecule has 1 saturated heterocycles. The highest BCUT2D eigenvalue weighted by Crippen LogP contribution is 2.77. The Morgan fingerprint density at radius 2 is 1.95 bits per heavy atom. The second-order valence-corrected chi connectivity index (χ2v) is 15.9. The van der Waals surface area contributed by atoms with Gasteiger partial charge in [-0.15, -0.1) is 11.3 Å². The molecule has 7 aliphatic rings. The maximum absolute atomic E-state index is 12.3. The summed E-state index contributed by atoms with van der Waals surface area (Å²) >= 11 is 1.77. The molecule has 9 nitrogen and oxygen atoms in total. The van der Waals surface area contributed by atoms with E-state index < -0.39 is 19.0 Å². The third kappa shape index (κ3) is 4.21. The Morgan fingerprint density at radius 3 is 2.62 bits per heavy atom. The zero-order valence-electron chi connectivity index (χ0n) is 24.2. The van der Waals surface area contributed by atoms with Crippen molar-refractivity contribution in [3.8, 4) is 11.5 Å². The molecule has 230 valence electrons. The Morgan fingerprint density at radius 1 is 1.19 bits per heavy atom. The van der Waals surface area contributed by atoms with Crippen LogP contribution in [0.2, 0.25) is 0 Å². The quantitative estimate of drug-likeness (QED) is 0.290. The number of rotatable bonds is 7. The van der Waals surface area contributed by atoms with Crippen LogP contribution in [0.5, 0.6) is 11.5 Å². The lowest BCUT2D eigenvalue weighted by Gasteiger charge is -2.75. The fourth-order valence-electron chi connectivity index (χ4n) is 10.1. The Labute approximate surface area is 250 Å². The smallest absolute Gasteiger partial charge is 0.466 e. The Bertz CT molecular complexity index is 1400. The van der Waals surface area contributed by atoms with Crippen molar-refractivity contribution >= 4 is 19.2 Å². The van der Waals surface area contributed by atoms with E-state index in [0.29, 0.717) is 11.8 Å². The van der Waals surface area contributed by atoms with Crippen LogP contribution in [0.15, 0.2) is 29.6 Å². The molecule has 1 aromatic carbocycles. The number of aryl methyl sites for hydroxylation is 1. The van der Waals surface area contributed by atoms with Crippen molar-refractivity contribution in [2.45, 2.75) is 93.5 Å². The molecule has 2 spiro atoms. The zero-order chi connectivity index (χ0) is 29.7. The first-order valence-electron chi connectivity index (χ1n) is 15.2. The molecule has 4 saturated carbocycles. The third-order valence-corrected chi connectivity index (χ3v) is 12.8. The van der Waals surface area contributed by atoms with E-state index in [1.165, 1.54) is 35.4 Å². The van der Waals surface area contributed by atoms with Gasteiger partial charge in [-0.3, -0.25) is 4.90 Å². The van der Waals surface area contributed by atoms with Crippen molar-refractivity contribution in [1.29, 1.82) is 0 Å². The van der Waals surface area contributed by atoms with Gasteiger partial charge in [-0.2, -0.15) is 0 Å².